The minimum Gasteiger partial charge on any atom is -0.380 e. The normalized spacial score (nSPS) is 19.5. The van der Waals surface area contributed by atoms with Crippen LogP contribution >= 0.6 is 0 Å². The fraction of sp³-hybridized carbons (Fsp3) is 0.385. The number of carbonyl (C=O) groups is 1. The predicted molar refractivity (Wildman–Crippen MR) is 75.4 cm³/mol. The van der Waals surface area contributed by atoms with Crippen molar-refractivity contribution < 1.29 is 17.9 Å². The van der Waals surface area contributed by atoms with Crippen molar-refractivity contribution in [1.29, 1.82) is 0 Å². The first-order valence-corrected chi connectivity index (χ1v) is 8.18. The Balaban J connectivity index is 1.82. The predicted octanol–water partition coefficient (Wildman–Crippen LogP) is 0.573. The highest BCUT2D eigenvalue weighted by Gasteiger charge is 2.30. The summed E-state index contributed by atoms with van der Waals surface area (Å²) < 4.78 is 33.2. The van der Waals surface area contributed by atoms with Gasteiger partial charge in [0.25, 0.3) is 5.91 Å². The maximum Gasteiger partial charge on any atom is 0.268 e. The topological polar surface area (TPSA) is 89.8 Å². The van der Waals surface area contributed by atoms with Gasteiger partial charge in [-0.1, -0.05) is 6.07 Å². The van der Waals surface area contributed by atoms with E-state index in [4.69, 9.17) is 4.74 Å². The van der Waals surface area contributed by atoms with Gasteiger partial charge < -0.3 is 4.74 Å². The third kappa shape index (κ3) is 2.77. The Bertz CT molecular complexity index is 763. The van der Waals surface area contributed by atoms with Crippen LogP contribution in [-0.2, 0) is 14.8 Å². The molecule has 0 aliphatic carbocycles. The molecule has 1 N–H and O–H groups in total. The van der Waals surface area contributed by atoms with E-state index < -0.39 is 21.2 Å². The molecular weight excluding hydrogens is 294 g/mol. The van der Waals surface area contributed by atoms with Gasteiger partial charge in [0.1, 0.15) is 5.25 Å². The first kappa shape index (κ1) is 14.0. The van der Waals surface area contributed by atoms with Crippen LogP contribution in [0.15, 0.2) is 30.6 Å². The molecule has 112 valence electrons. The first-order chi connectivity index (χ1) is 10.1. The number of sulfonamides is 1. The van der Waals surface area contributed by atoms with Crippen molar-refractivity contribution in [3.05, 3.63) is 36.2 Å². The average Bonchev–Trinajstić information content (AvgIpc) is 2.92. The summed E-state index contributed by atoms with van der Waals surface area (Å²) in [5, 5.41) is 3.34. The molecule has 1 fully saturated rings. The van der Waals surface area contributed by atoms with Crippen molar-refractivity contribution in [2.24, 2.45) is 0 Å². The lowest BCUT2D eigenvalue weighted by atomic mass is 10.2. The van der Waals surface area contributed by atoms with E-state index in [1.165, 1.54) is 10.7 Å². The monoisotopic (exact) mass is 309 g/mol. The van der Waals surface area contributed by atoms with E-state index in [2.05, 4.69) is 9.82 Å². The van der Waals surface area contributed by atoms with Crippen LogP contribution in [0, 0.1) is 0 Å². The van der Waals surface area contributed by atoms with Crippen LogP contribution in [0.5, 0.6) is 0 Å². The number of rotatable bonds is 3. The fourth-order valence-electron chi connectivity index (χ4n) is 2.33. The van der Waals surface area contributed by atoms with Gasteiger partial charge in [0.2, 0.25) is 10.0 Å². The summed E-state index contributed by atoms with van der Waals surface area (Å²) in [4.78, 5) is 12.2. The van der Waals surface area contributed by atoms with Gasteiger partial charge in [-0.05, 0) is 25.0 Å². The second-order valence-corrected chi connectivity index (χ2v) is 6.86. The van der Waals surface area contributed by atoms with Gasteiger partial charge in [0.05, 0.1) is 23.9 Å². The Morgan fingerprint density at radius 3 is 3.05 bits per heavy atom. The molecule has 0 aromatic carbocycles. The van der Waals surface area contributed by atoms with Crippen molar-refractivity contribution in [1.82, 2.24) is 14.3 Å². The van der Waals surface area contributed by atoms with Crippen molar-refractivity contribution in [2.45, 2.75) is 18.1 Å². The van der Waals surface area contributed by atoms with Gasteiger partial charge in [0, 0.05) is 12.8 Å². The summed E-state index contributed by atoms with van der Waals surface area (Å²) in [7, 11) is -3.74. The van der Waals surface area contributed by atoms with Gasteiger partial charge in [0.15, 0.2) is 0 Å². The van der Waals surface area contributed by atoms with E-state index in [-0.39, 0.29) is 12.2 Å². The minimum atomic E-state index is -3.74. The van der Waals surface area contributed by atoms with Crippen LogP contribution < -0.4 is 4.72 Å². The first-order valence-electron chi connectivity index (χ1n) is 6.64. The third-order valence-corrected chi connectivity index (χ3v) is 5.18. The summed E-state index contributed by atoms with van der Waals surface area (Å²) >= 11 is 0. The molecule has 21 heavy (non-hydrogen) atoms. The van der Waals surface area contributed by atoms with Crippen molar-refractivity contribution in [2.75, 3.05) is 13.2 Å². The molecule has 2 aromatic heterocycles. The number of hydrogen-bond donors (Lipinski definition) is 1. The molecule has 1 unspecified atom stereocenters. The van der Waals surface area contributed by atoms with Crippen molar-refractivity contribution in [3.8, 4) is 0 Å². The molecule has 2 aromatic rings. The van der Waals surface area contributed by atoms with E-state index in [0.717, 1.165) is 0 Å². The number of fused-ring (bicyclic) bond motifs is 1. The molecular formula is C13H15N3O4S. The molecule has 1 atom stereocenters. The van der Waals surface area contributed by atoms with Crippen LogP contribution in [0.4, 0.5) is 0 Å². The molecule has 1 aliphatic rings. The van der Waals surface area contributed by atoms with E-state index in [9.17, 15) is 13.2 Å². The molecule has 0 radical (unpaired) electrons. The lowest BCUT2D eigenvalue weighted by Crippen LogP contribution is -2.42. The molecule has 0 bridgehead atoms. The highest BCUT2D eigenvalue weighted by atomic mass is 32.2. The Kier molecular flexibility index (Phi) is 3.64. The molecule has 0 spiro atoms. The zero-order valence-corrected chi connectivity index (χ0v) is 12.0. The number of hydrogen-bond acceptors (Lipinski definition) is 5. The smallest absolute Gasteiger partial charge is 0.268 e. The molecule has 8 heteroatoms. The number of carbonyl (C=O) groups excluding carboxylic acids is 1. The average molecular weight is 309 g/mol. The Hall–Kier alpha value is -1.93. The van der Waals surface area contributed by atoms with E-state index >= 15 is 0 Å². The maximum atomic E-state index is 12.2. The maximum absolute atomic E-state index is 12.2. The molecule has 3 heterocycles. The molecule has 1 amide bonds. The van der Waals surface area contributed by atoms with Gasteiger partial charge in [-0.25, -0.2) is 17.7 Å². The van der Waals surface area contributed by atoms with Gasteiger partial charge in [-0.2, -0.15) is 5.10 Å². The van der Waals surface area contributed by atoms with Crippen LogP contribution in [0.3, 0.4) is 0 Å². The third-order valence-electron chi connectivity index (χ3n) is 3.46. The lowest BCUT2D eigenvalue weighted by molar-refractivity contribution is 0.0954. The van der Waals surface area contributed by atoms with Gasteiger partial charge >= 0.3 is 0 Å². The summed E-state index contributed by atoms with van der Waals surface area (Å²) in [6, 6.07) is 5.24. The van der Waals surface area contributed by atoms with Crippen molar-refractivity contribution in [3.63, 3.8) is 0 Å². The van der Waals surface area contributed by atoms with Crippen LogP contribution in [0.25, 0.3) is 5.52 Å². The number of ether oxygens (including phenoxy) is 1. The van der Waals surface area contributed by atoms with E-state index in [1.807, 2.05) is 0 Å². The summed E-state index contributed by atoms with van der Waals surface area (Å²) in [5.41, 5.74) is 0.793. The number of aromatic nitrogens is 2. The van der Waals surface area contributed by atoms with Crippen LogP contribution in [-0.4, -0.2) is 42.4 Å². The number of nitrogens with zero attached hydrogens (tertiary/aromatic N) is 2. The summed E-state index contributed by atoms with van der Waals surface area (Å²) in [5.74, 6) is -0.665. The van der Waals surface area contributed by atoms with Gasteiger partial charge in [-0.15, -0.1) is 0 Å². The standard InChI is InChI=1S/C13H15N3O4S/c17-13(11-8-14-16-6-2-1-5-12(11)16)15-21(18,19)10-4-3-7-20-9-10/h1-2,5-6,8,10H,3-4,7,9H2,(H,15,17). The fourth-order valence-corrected chi connectivity index (χ4v) is 3.62. The van der Waals surface area contributed by atoms with Crippen LogP contribution in [0.1, 0.15) is 23.2 Å². The molecule has 0 saturated carbocycles. The molecule has 1 saturated heterocycles. The molecule has 3 rings (SSSR count). The van der Waals surface area contributed by atoms with Crippen LogP contribution in [0.2, 0.25) is 0 Å². The van der Waals surface area contributed by atoms with Crippen molar-refractivity contribution >= 4 is 21.4 Å². The zero-order valence-electron chi connectivity index (χ0n) is 11.2. The molecule has 7 nitrogen and oxygen atoms in total. The van der Waals surface area contributed by atoms with E-state index in [1.54, 1.807) is 24.4 Å². The number of nitrogens with one attached hydrogen (secondary N) is 1. The SMILES string of the molecule is O=C(NS(=O)(=O)C1CCCOC1)c1cnn2ccccc12. The quantitative estimate of drug-likeness (QED) is 0.895. The second-order valence-electron chi connectivity index (χ2n) is 4.90. The number of amides is 1. The van der Waals surface area contributed by atoms with E-state index in [0.29, 0.717) is 25.0 Å². The Morgan fingerprint density at radius 1 is 1.43 bits per heavy atom. The molecule has 1 aliphatic heterocycles. The minimum absolute atomic E-state index is 0.122. The summed E-state index contributed by atoms with van der Waals surface area (Å²) in [6.07, 6.45) is 4.22. The Morgan fingerprint density at radius 2 is 2.29 bits per heavy atom. The highest BCUT2D eigenvalue weighted by Crippen LogP contribution is 2.15. The zero-order chi connectivity index (χ0) is 14.9. The number of pyridine rings is 1. The highest BCUT2D eigenvalue weighted by molar-refractivity contribution is 7.90. The largest absolute Gasteiger partial charge is 0.380 e. The second kappa shape index (κ2) is 5.45. The lowest BCUT2D eigenvalue weighted by Gasteiger charge is -2.22. The summed E-state index contributed by atoms with van der Waals surface area (Å²) in [6.45, 7) is 0.686. The Labute approximate surface area is 122 Å². The van der Waals surface area contributed by atoms with Gasteiger partial charge in [-0.3, -0.25) is 4.79 Å².